The normalized spacial score (nSPS) is 22.1. The summed E-state index contributed by atoms with van der Waals surface area (Å²) < 4.78 is 11.2. The Kier molecular flexibility index (Phi) is 6.23. The van der Waals surface area contributed by atoms with Gasteiger partial charge in [0, 0.05) is 12.5 Å². The minimum absolute atomic E-state index is 0.0885. The van der Waals surface area contributed by atoms with E-state index in [0.717, 1.165) is 35.1 Å². The Labute approximate surface area is 204 Å². The van der Waals surface area contributed by atoms with Gasteiger partial charge >= 0.3 is 12.1 Å². The first-order chi connectivity index (χ1) is 16.9. The van der Waals surface area contributed by atoms with E-state index in [1.54, 1.807) is 4.90 Å². The summed E-state index contributed by atoms with van der Waals surface area (Å²) in [6.45, 7) is 3.24. The minimum Gasteiger partial charge on any atom is -0.481 e. The van der Waals surface area contributed by atoms with Crippen molar-refractivity contribution >= 4 is 18.0 Å². The number of fused-ring (bicyclic) bond motifs is 3. The summed E-state index contributed by atoms with van der Waals surface area (Å²) in [6, 6.07) is 14.8. The molecule has 1 heterocycles. The molecule has 2 atom stereocenters. The average molecular weight is 479 g/mol. The van der Waals surface area contributed by atoms with E-state index in [1.807, 2.05) is 43.3 Å². The second kappa shape index (κ2) is 9.34. The lowest BCUT2D eigenvalue weighted by molar-refractivity contribution is -0.154. The van der Waals surface area contributed by atoms with Crippen LogP contribution >= 0.6 is 0 Å². The first-order valence-electron chi connectivity index (χ1n) is 12.1. The van der Waals surface area contributed by atoms with Crippen molar-refractivity contribution in [3.8, 4) is 11.1 Å². The van der Waals surface area contributed by atoms with Crippen molar-refractivity contribution in [3.63, 3.8) is 0 Å². The fourth-order valence-corrected chi connectivity index (χ4v) is 5.52. The first-order valence-corrected chi connectivity index (χ1v) is 12.1. The van der Waals surface area contributed by atoms with Crippen molar-refractivity contribution in [1.29, 1.82) is 0 Å². The van der Waals surface area contributed by atoms with Gasteiger partial charge in [0.25, 0.3) is 0 Å². The van der Waals surface area contributed by atoms with Gasteiger partial charge in [0.15, 0.2) is 0 Å². The van der Waals surface area contributed by atoms with Gasteiger partial charge in [0.2, 0.25) is 5.91 Å². The predicted molar refractivity (Wildman–Crippen MR) is 128 cm³/mol. The number of rotatable bonds is 7. The number of carbonyl (C=O) groups excluding carboxylic acids is 2. The Morgan fingerprint density at radius 2 is 1.74 bits per heavy atom. The fraction of sp³-hybridized carbons (Fsp3) is 0.444. The minimum atomic E-state index is -1.21. The highest BCUT2D eigenvalue weighted by atomic mass is 16.5. The van der Waals surface area contributed by atoms with Crippen molar-refractivity contribution in [1.82, 2.24) is 10.2 Å². The van der Waals surface area contributed by atoms with E-state index in [9.17, 15) is 19.5 Å². The SMILES string of the molecule is CC1(C2CC2)COCCN1C(=O)C(CC(=O)O)NC(=O)OCC1c2ccccc2-c2ccccc21. The molecule has 3 aliphatic rings. The van der Waals surface area contributed by atoms with Gasteiger partial charge < -0.3 is 24.8 Å². The molecule has 8 heteroatoms. The number of aliphatic carboxylic acids is 1. The number of hydrogen-bond acceptors (Lipinski definition) is 5. The molecular formula is C27H30N2O6. The zero-order valence-corrected chi connectivity index (χ0v) is 19.7. The number of nitrogens with zero attached hydrogens (tertiary/aromatic N) is 1. The molecule has 0 aromatic heterocycles. The van der Waals surface area contributed by atoms with Gasteiger partial charge in [0.05, 0.1) is 25.2 Å². The molecule has 2 aromatic rings. The number of alkyl carbamates (subject to hydrolysis) is 1. The molecule has 2 N–H and O–H groups in total. The third-order valence-corrected chi connectivity index (χ3v) is 7.51. The standard InChI is InChI=1S/C27H30N2O6/c1-27(17-10-11-17)16-34-13-12-29(27)25(32)23(14-24(30)31)28-26(33)35-15-22-20-8-4-2-6-18(20)19-7-3-5-9-21(19)22/h2-9,17,22-23H,10-16H2,1H3,(H,28,33)(H,30,31). The molecule has 2 aromatic carbocycles. The van der Waals surface area contributed by atoms with E-state index in [2.05, 4.69) is 17.4 Å². The number of morpholine rings is 1. The Hall–Kier alpha value is -3.39. The van der Waals surface area contributed by atoms with Crippen LogP contribution in [0.1, 0.15) is 43.2 Å². The molecule has 2 amide bonds. The second-order valence-corrected chi connectivity index (χ2v) is 9.79. The molecule has 0 bridgehead atoms. The maximum absolute atomic E-state index is 13.4. The Morgan fingerprint density at radius 1 is 1.11 bits per heavy atom. The van der Waals surface area contributed by atoms with Crippen LogP contribution in [-0.2, 0) is 19.1 Å². The molecule has 1 aliphatic heterocycles. The van der Waals surface area contributed by atoms with Gasteiger partial charge in [0.1, 0.15) is 12.6 Å². The zero-order valence-electron chi connectivity index (χ0n) is 19.7. The Balaban J connectivity index is 1.28. The van der Waals surface area contributed by atoms with Crippen LogP contribution in [0.3, 0.4) is 0 Å². The molecule has 1 saturated heterocycles. The van der Waals surface area contributed by atoms with Crippen LogP contribution in [0, 0.1) is 5.92 Å². The Bertz CT molecular complexity index is 1100. The number of amides is 2. The predicted octanol–water partition coefficient (Wildman–Crippen LogP) is 3.40. The quantitative estimate of drug-likeness (QED) is 0.632. The van der Waals surface area contributed by atoms with Crippen LogP contribution in [-0.4, -0.2) is 65.9 Å². The maximum atomic E-state index is 13.4. The van der Waals surface area contributed by atoms with Crippen molar-refractivity contribution in [2.75, 3.05) is 26.4 Å². The number of carboxylic acid groups (broad SMARTS) is 1. The molecule has 2 unspecified atom stereocenters. The topological polar surface area (TPSA) is 105 Å². The largest absolute Gasteiger partial charge is 0.481 e. The van der Waals surface area contributed by atoms with Crippen LogP contribution < -0.4 is 5.32 Å². The van der Waals surface area contributed by atoms with Crippen molar-refractivity contribution in [3.05, 3.63) is 59.7 Å². The molecular weight excluding hydrogens is 448 g/mol. The van der Waals surface area contributed by atoms with Crippen molar-refractivity contribution in [2.45, 2.75) is 43.7 Å². The summed E-state index contributed by atoms with van der Waals surface area (Å²) in [5, 5.41) is 12.0. The third kappa shape index (κ3) is 4.50. The van der Waals surface area contributed by atoms with Gasteiger partial charge in [-0.15, -0.1) is 0 Å². The summed E-state index contributed by atoms with van der Waals surface area (Å²) in [6.07, 6.45) is 0.703. The molecule has 0 spiro atoms. The number of ether oxygens (including phenoxy) is 2. The number of benzene rings is 2. The van der Waals surface area contributed by atoms with Gasteiger partial charge in [-0.05, 0) is 47.9 Å². The molecule has 2 fully saturated rings. The zero-order chi connectivity index (χ0) is 24.6. The maximum Gasteiger partial charge on any atom is 0.407 e. The second-order valence-electron chi connectivity index (χ2n) is 9.79. The summed E-state index contributed by atoms with van der Waals surface area (Å²) in [4.78, 5) is 39.5. The van der Waals surface area contributed by atoms with Crippen LogP contribution in [0.5, 0.6) is 0 Å². The highest BCUT2D eigenvalue weighted by molar-refractivity contribution is 5.90. The van der Waals surface area contributed by atoms with E-state index in [1.165, 1.54) is 0 Å². The van der Waals surface area contributed by atoms with E-state index in [-0.39, 0.29) is 12.5 Å². The van der Waals surface area contributed by atoms with Gasteiger partial charge in [-0.25, -0.2) is 4.79 Å². The average Bonchev–Trinajstić information content (AvgIpc) is 3.66. The monoisotopic (exact) mass is 478 g/mol. The number of hydrogen-bond donors (Lipinski definition) is 2. The molecule has 1 saturated carbocycles. The van der Waals surface area contributed by atoms with E-state index >= 15 is 0 Å². The summed E-state index contributed by atoms with van der Waals surface area (Å²) in [7, 11) is 0. The summed E-state index contributed by atoms with van der Waals surface area (Å²) >= 11 is 0. The number of carboxylic acids is 1. The first kappa shape index (κ1) is 23.4. The smallest absolute Gasteiger partial charge is 0.407 e. The van der Waals surface area contributed by atoms with E-state index < -0.39 is 36.0 Å². The van der Waals surface area contributed by atoms with Crippen molar-refractivity contribution in [2.24, 2.45) is 5.92 Å². The van der Waals surface area contributed by atoms with Gasteiger partial charge in [-0.1, -0.05) is 48.5 Å². The molecule has 0 radical (unpaired) electrons. The van der Waals surface area contributed by atoms with Gasteiger partial charge in [-0.3, -0.25) is 9.59 Å². The summed E-state index contributed by atoms with van der Waals surface area (Å²) in [5.41, 5.74) is 3.89. The number of carbonyl (C=O) groups is 3. The van der Waals surface area contributed by atoms with Gasteiger partial charge in [-0.2, -0.15) is 0 Å². The molecule has 35 heavy (non-hydrogen) atoms. The van der Waals surface area contributed by atoms with Crippen LogP contribution in [0.4, 0.5) is 4.79 Å². The fourth-order valence-electron chi connectivity index (χ4n) is 5.52. The number of nitrogens with one attached hydrogen (secondary N) is 1. The summed E-state index contributed by atoms with van der Waals surface area (Å²) in [5.74, 6) is -1.37. The molecule has 184 valence electrons. The van der Waals surface area contributed by atoms with E-state index in [0.29, 0.717) is 25.7 Å². The highest BCUT2D eigenvalue weighted by Gasteiger charge is 2.50. The van der Waals surface area contributed by atoms with Crippen LogP contribution in [0.25, 0.3) is 11.1 Å². The van der Waals surface area contributed by atoms with Crippen LogP contribution in [0.2, 0.25) is 0 Å². The van der Waals surface area contributed by atoms with E-state index in [4.69, 9.17) is 9.47 Å². The molecule has 2 aliphatic carbocycles. The van der Waals surface area contributed by atoms with Crippen LogP contribution in [0.15, 0.2) is 48.5 Å². The Morgan fingerprint density at radius 3 is 2.34 bits per heavy atom. The third-order valence-electron chi connectivity index (χ3n) is 7.51. The molecule has 8 nitrogen and oxygen atoms in total. The molecule has 5 rings (SSSR count). The lowest BCUT2D eigenvalue weighted by atomic mass is 9.92. The highest BCUT2D eigenvalue weighted by Crippen LogP contribution is 2.45. The van der Waals surface area contributed by atoms with Crippen molar-refractivity contribution < 1.29 is 29.0 Å². The lowest BCUT2D eigenvalue weighted by Gasteiger charge is -2.46. The lowest BCUT2D eigenvalue weighted by Crippen LogP contribution is -2.63.